The van der Waals surface area contributed by atoms with Crippen LogP contribution >= 0.6 is 0 Å². The highest BCUT2D eigenvalue weighted by Crippen LogP contribution is 2.13. The molecule has 1 amide bonds. The van der Waals surface area contributed by atoms with Crippen LogP contribution < -0.4 is 10.0 Å². The summed E-state index contributed by atoms with van der Waals surface area (Å²) in [5.41, 5.74) is 0.829. The summed E-state index contributed by atoms with van der Waals surface area (Å²) < 4.78 is 30.1. The number of amides is 1. The summed E-state index contributed by atoms with van der Waals surface area (Å²) in [6.07, 6.45) is 3.26. The number of nitrogens with zero attached hydrogens (tertiary/aromatic N) is 1. The number of aromatic nitrogens is 1. The number of hydrogen-bond acceptors (Lipinski definition) is 5. The average Bonchev–Trinajstić information content (AvgIpc) is 2.96. The molecule has 2 aromatic heterocycles. The molecular formula is C12H13N3O4S. The lowest BCUT2D eigenvalue weighted by atomic mass is 10.3. The molecule has 2 N–H and O–H groups in total. The summed E-state index contributed by atoms with van der Waals surface area (Å²) in [5, 5.41) is 2.31. The second-order valence-electron chi connectivity index (χ2n) is 3.87. The van der Waals surface area contributed by atoms with E-state index in [0.29, 0.717) is 0 Å². The summed E-state index contributed by atoms with van der Waals surface area (Å²) in [7, 11) is -2.42. The Morgan fingerprint density at radius 1 is 1.35 bits per heavy atom. The van der Waals surface area contributed by atoms with Crippen molar-refractivity contribution in [2.45, 2.75) is 11.6 Å². The van der Waals surface area contributed by atoms with Gasteiger partial charge in [0.05, 0.1) is 0 Å². The number of rotatable bonds is 5. The average molecular weight is 295 g/mol. The van der Waals surface area contributed by atoms with Gasteiger partial charge in [0, 0.05) is 18.9 Å². The maximum Gasteiger partial charge on any atom is 0.287 e. The van der Waals surface area contributed by atoms with Gasteiger partial charge in [0.25, 0.3) is 15.9 Å². The molecule has 8 heteroatoms. The molecule has 2 heterocycles. The Morgan fingerprint density at radius 3 is 2.80 bits per heavy atom. The van der Waals surface area contributed by atoms with Crippen molar-refractivity contribution in [1.82, 2.24) is 15.0 Å². The zero-order chi connectivity index (χ0) is 14.6. The molecule has 2 rings (SSSR count). The van der Waals surface area contributed by atoms with Gasteiger partial charge in [-0.2, -0.15) is 0 Å². The fourth-order valence-electron chi connectivity index (χ4n) is 1.46. The first-order valence-corrected chi connectivity index (χ1v) is 7.22. The summed E-state index contributed by atoms with van der Waals surface area (Å²) in [4.78, 5) is 15.7. The van der Waals surface area contributed by atoms with Crippen LogP contribution in [-0.2, 0) is 16.6 Å². The van der Waals surface area contributed by atoms with Crippen LogP contribution in [0.2, 0.25) is 0 Å². The third-order valence-corrected chi connectivity index (χ3v) is 3.80. The molecule has 0 atom stereocenters. The van der Waals surface area contributed by atoms with Crippen molar-refractivity contribution >= 4 is 15.9 Å². The Bertz CT molecular complexity index is 695. The van der Waals surface area contributed by atoms with E-state index in [1.807, 2.05) is 6.07 Å². The number of furan rings is 1. The number of carbonyl (C=O) groups is 1. The molecule has 0 radical (unpaired) electrons. The predicted octanol–water partition coefficient (Wildman–Crippen LogP) is 0.513. The molecule has 0 unspecified atom stereocenters. The smallest absolute Gasteiger partial charge is 0.287 e. The number of carbonyl (C=O) groups excluding carboxylic acids is 1. The standard InChI is InChI=1S/C12H13N3O4S/c1-13-20(17,18)11-5-4-10(19-11)12(16)15-8-9-3-2-6-14-7-9/h2-7,13H,8H2,1H3,(H,15,16). The highest BCUT2D eigenvalue weighted by molar-refractivity contribution is 7.89. The quantitative estimate of drug-likeness (QED) is 0.837. The van der Waals surface area contributed by atoms with Crippen LogP contribution in [0.5, 0.6) is 0 Å². The van der Waals surface area contributed by atoms with E-state index in [4.69, 9.17) is 4.42 Å². The monoisotopic (exact) mass is 295 g/mol. The molecule has 0 aliphatic rings. The topological polar surface area (TPSA) is 101 Å². The van der Waals surface area contributed by atoms with E-state index in [0.717, 1.165) is 5.56 Å². The molecule has 2 aromatic rings. The van der Waals surface area contributed by atoms with Gasteiger partial charge in [0.2, 0.25) is 5.09 Å². The molecular weight excluding hydrogens is 282 g/mol. The SMILES string of the molecule is CNS(=O)(=O)c1ccc(C(=O)NCc2cccnc2)o1. The summed E-state index contributed by atoms with van der Waals surface area (Å²) in [5.74, 6) is -0.561. The Balaban J connectivity index is 2.04. The lowest BCUT2D eigenvalue weighted by Crippen LogP contribution is -2.22. The van der Waals surface area contributed by atoms with Crippen molar-refractivity contribution in [2.24, 2.45) is 0 Å². The third-order valence-electron chi connectivity index (χ3n) is 2.51. The Kier molecular flexibility index (Phi) is 4.16. The molecule has 0 fully saturated rings. The van der Waals surface area contributed by atoms with Crippen LogP contribution in [0.4, 0.5) is 0 Å². The molecule has 0 aliphatic carbocycles. The first-order valence-electron chi connectivity index (χ1n) is 5.73. The van der Waals surface area contributed by atoms with Gasteiger partial charge in [-0.1, -0.05) is 6.07 Å². The molecule has 0 saturated heterocycles. The van der Waals surface area contributed by atoms with Crippen molar-refractivity contribution in [3.8, 4) is 0 Å². The number of hydrogen-bond donors (Lipinski definition) is 2. The maximum absolute atomic E-state index is 11.8. The van der Waals surface area contributed by atoms with Gasteiger partial charge in [0.15, 0.2) is 5.76 Å². The van der Waals surface area contributed by atoms with Crippen molar-refractivity contribution in [3.63, 3.8) is 0 Å². The first-order chi connectivity index (χ1) is 9.53. The maximum atomic E-state index is 11.8. The highest BCUT2D eigenvalue weighted by atomic mass is 32.2. The van der Waals surface area contributed by atoms with Crippen molar-refractivity contribution in [1.29, 1.82) is 0 Å². The fourth-order valence-corrected chi connectivity index (χ4v) is 2.11. The Labute approximate surface area is 116 Å². The van der Waals surface area contributed by atoms with Crippen LogP contribution in [0.25, 0.3) is 0 Å². The van der Waals surface area contributed by atoms with Gasteiger partial charge in [-0.05, 0) is 30.8 Å². The number of pyridine rings is 1. The number of nitrogens with one attached hydrogen (secondary N) is 2. The van der Waals surface area contributed by atoms with Crippen LogP contribution in [-0.4, -0.2) is 26.4 Å². The van der Waals surface area contributed by atoms with Crippen molar-refractivity contribution in [3.05, 3.63) is 48.0 Å². The molecule has 7 nitrogen and oxygen atoms in total. The van der Waals surface area contributed by atoms with E-state index in [1.165, 1.54) is 19.2 Å². The number of sulfonamides is 1. The molecule has 0 saturated carbocycles. The minimum absolute atomic E-state index is 0.0669. The fraction of sp³-hybridized carbons (Fsp3) is 0.167. The molecule has 20 heavy (non-hydrogen) atoms. The minimum atomic E-state index is -3.68. The van der Waals surface area contributed by atoms with Crippen molar-refractivity contribution in [2.75, 3.05) is 7.05 Å². The van der Waals surface area contributed by atoms with Gasteiger partial charge < -0.3 is 9.73 Å². The molecule has 0 bridgehead atoms. The predicted molar refractivity (Wildman–Crippen MR) is 70.4 cm³/mol. The van der Waals surface area contributed by atoms with Gasteiger partial charge in [-0.15, -0.1) is 0 Å². The third kappa shape index (κ3) is 3.22. The second kappa shape index (κ2) is 5.85. The summed E-state index contributed by atoms with van der Waals surface area (Å²) in [6.45, 7) is 0.279. The van der Waals surface area contributed by atoms with Gasteiger partial charge >= 0.3 is 0 Å². The van der Waals surface area contributed by atoms with Crippen LogP contribution in [0.1, 0.15) is 16.1 Å². The zero-order valence-electron chi connectivity index (χ0n) is 10.7. The molecule has 0 aromatic carbocycles. The van der Waals surface area contributed by atoms with E-state index >= 15 is 0 Å². The first kappa shape index (κ1) is 14.2. The minimum Gasteiger partial charge on any atom is -0.438 e. The van der Waals surface area contributed by atoms with Crippen LogP contribution in [0, 0.1) is 0 Å². The summed E-state index contributed by atoms with van der Waals surface area (Å²) >= 11 is 0. The van der Waals surface area contributed by atoms with Crippen LogP contribution in [0.3, 0.4) is 0 Å². The largest absolute Gasteiger partial charge is 0.438 e. The van der Waals surface area contributed by atoms with Crippen molar-refractivity contribution < 1.29 is 17.6 Å². The highest BCUT2D eigenvalue weighted by Gasteiger charge is 2.19. The van der Waals surface area contributed by atoms with Gasteiger partial charge in [-0.3, -0.25) is 9.78 Å². The zero-order valence-corrected chi connectivity index (χ0v) is 11.5. The lowest BCUT2D eigenvalue weighted by molar-refractivity contribution is 0.0918. The second-order valence-corrected chi connectivity index (χ2v) is 5.69. The lowest BCUT2D eigenvalue weighted by Gasteiger charge is -2.02. The van der Waals surface area contributed by atoms with E-state index in [2.05, 4.69) is 15.0 Å². The summed E-state index contributed by atoms with van der Waals surface area (Å²) in [6, 6.07) is 6.10. The van der Waals surface area contributed by atoms with E-state index in [1.54, 1.807) is 18.5 Å². The van der Waals surface area contributed by atoms with Crippen LogP contribution in [0.15, 0.2) is 46.2 Å². The van der Waals surface area contributed by atoms with E-state index in [9.17, 15) is 13.2 Å². The van der Waals surface area contributed by atoms with E-state index in [-0.39, 0.29) is 17.4 Å². The van der Waals surface area contributed by atoms with E-state index < -0.39 is 15.9 Å². The molecule has 106 valence electrons. The molecule has 0 spiro atoms. The van der Waals surface area contributed by atoms with Gasteiger partial charge in [0.1, 0.15) is 0 Å². The normalized spacial score (nSPS) is 11.2. The Morgan fingerprint density at radius 2 is 2.15 bits per heavy atom. The van der Waals surface area contributed by atoms with Gasteiger partial charge in [-0.25, -0.2) is 13.1 Å². The Hall–Kier alpha value is -2.19. The molecule has 0 aliphatic heterocycles.